The fraction of sp³-hybridized carbons (Fsp3) is 0.533. The molecule has 1 aliphatic carbocycles. The number of halogens is 1. The minimum Gasteiger partial charge on any atom is -0.496 e. The van der Waals surface area contributed by atoms with E-state index in [1.54, 1.807) is 14.2 Å². The van der Waals surface area contributed by atoms with Crippen LogP contribution in [0.3, 0.4) is 0 Å². The van der Waals surface area contributed by atoms with Crippen LogP contribution in [0.2, 0.25) is 0 Å². The smallest absolute Gasteiger partial charge is 0.275 e. The third-order valence-corrected chi connectivity index (χ3v) is 4.07. The molecule has 1 amide bonds. The summed E-state index contributed by atoms with van der Waals surface area (Å²) < 4.78 is 11.6. The van der Waals surface area contributed by atoms with Gasteiger partial charge in [-0.25, -0.2) is 0 Å². The molecule has 1 aromatic rings. The van der Waals surface area contributed by atoms with Crippen molar-refractivity contribution in [3.8, 4) is 11.5 Å². The Bertz CT molecular complexity index is 518. The number of benzene rings is 1. The average molecular weight is 358 g/mol. The first-order chi connectivity index (χ1) is 10.0. The van der Waals surface area contributed by atoms with Gasteiger partial charge < -0.3 is 19.7 Å². The topological polar surface area (TPSA) is 52.0 Å². The molecule has 0 bridgehead atoms. The monoisotopic (exact) mass is 357 g/mol. The molecular weight excluding hydrogens is 336 g/mol. The number of likely N-dealkylation sites (N-methyl/N-ethyl adjacent to an activating group) is 1. The van der Waals surface area contributed by atoms with Gasteiger partial charge in [-0.15, -0.1) is 0 Å². The highest BCUT2D eigenvalue weighted by Gasteiger charge is 2.24. The number of quaternary nitrogens is 1. The molecule has 1 atom stereocenters. The highest BCUT2D eigenvalue weighted by atomic mass is 79.9. The zero-order chi connectivity index (χ0) is 15.4. The molecule has 0 heterocycles. The Morgan fingerprint density at radius 3 is 2.57 bits per heavy atom. The van der Waals surface area contributed by atoms with Crippen LogP contribution in [0.5, 0.6) is 11.5 Å². The van der Waals surface area contributed by atoms with Gasteiger partial charge in [0.15, 0.2) is 6.54 Å². The van der Waals surface area contributed by atoms with Gasteiger partial charge in [-0.05, 0) is 40.9 Å². The van der Waals surface area contributed by atoms with Crippen LogP contribution in [0.15, 0.2) is 16.6 Å². The molecule has 0 spiro atoms. The molecule has 1 saturated carbocycles. The molecule has 1 aromatic carbocycles. The molecule has 116 valence electrons. The second-order valence-electron chi connectivity index (χ2n) is 5.45. The Hall–Kier alpha value is -1.27. The lowest BCUT2D eigenvalue weighted by Crippen LogP contribution is -3.08. The van der Waals surface area contributed by atoms with E-state index in [-0.39, 0.29) is 5.91 Å². The lowest BCUT2D eigenvalue weighted by molar-refractivity contribution is -0.885. The van der Waals surface area contributed by atoms with E-state index < -0.39 is 0 Å². The normalized spacial score (nSPS) is 15.4. The van der Waals surface area contributed by atoms with Crippen molar-refractivity contribution in [2.75, 3.05) is 27.8 Å². The summed E-state index contributed by atoms with van der Waals surface area (Å²) in [6, 6.07) is 4.25. The van der Waals surface area contributed by atoms with Gasteiger partial charge >= 0.3 is 0 Å². The summed E-state index contributed by atoms with van der Waals surface area (Å²) in [5.41, 5.74) is 1.02. The molecule has 0 aromatic heterocycles. The van der Waals surface area contributed by atoms with Crippen molar-refractivity contribution >= 4 is 21.8 Å². The van der Waals surface area contributed by atoms with Crippen molar-refractivity contribution in [2.24, 2.45) is 0 Å². The summed E-state index contributed by atoms with van der Waals surface area (Å²) in [5.74, 6) is 1.67. The molecule has 0 radical (unpaired) electrons. The van der Waals surface area contributed by atoms with E-state index >= 15 is 0 Å². The first kappa shape index (κ1) is 16.1. The molecule has 2 N–H and O–H groups in total. The Labute approximate surface area is 133 Å². The van der Waals surface area contributed by atoms with Gasteiger partial charge in [-0.2, -0.15) is 0 Å². The van der Waals surface area contributed by atoms with E-state index in [0.29, 0.717) is 19.1 Å². The van der Waals surface area contributed by atoms with Gasteiger partial charge in [0.1, 0.15) is 18.0 Å². The van der Waals surface area contributed by atoms with Crippen LogP contribution in [-0.2, 0) is 11.3 Å². The highest BCUT2D eigenvalue weighted by molar-refractivity contribution is 9.10. The molecule has 1 fully saturated rings. The van der Waals surface area contributed by atoms with Gasteiger partial charge in [0, 0.05) is 6.04 Å². The number of carbonyl (C=O) groups is 1. The summed E-state index contributed by atoms with van der Waals surface area (Å²) in [6.45, 7) is 1.16. The van der Waals surface area contributed by atoms with Gasteiger partial charge in [-0.3, -0.25) is 4.79 Å². The van der Waals surface area contributed by atoms with Crippen LogP contribution >= 0.6 is 15.9 Å². The fourth-order valence-electron chi connectivity index (χ4n) is 2.23. The third kappa shape index (κ3) is 4.61. The van der Waals surface area contributed by atoms with Gasteiger partial charge in [0.25, 0.3) is 5.91 Å². The summed E-state index contributed by atoms with van der Waals surface area (Å²) in [4.78, 5) is 12.9. The maximum atomic E-state index is 11.8. The van der Waals surface area contributed by atoms with E-state index in [4.69, 9.17) is 9.47 Å². The second-order valence-corrected chi connectivity index (χ2v) is 6.31. The lowest BCUT2D eigenvalue weighted by Gasteiger charge is -2.17. The van der Waals surface area contributed by atoms with Crippen LogP contribution in [0.25, 0.3) is 0 Å². The van der Waals surface area contributed by atoms with Crippen molar-refractivity contribution in [1.29, 1.82) is 0 Å². The number of hydrogen-bond acceptors (Lipinski definition) is 3. The van der Waals surface area contributed by atoms with E-state index in [1.807, 2.05) is 19.2 Å². The van der Waals surface area contributed by atoms with Crippen LogP contribution < -0.4 is 19.7 Å². The van der Waals surface area contributed by atoms with Crippen LogP contribution in [-0.4, -0.2) is 39.8 Å². The van der Waals surface area contributed by atoms with Crippen molar-refractivity contribution in [1.82, 2.24) is 5.32 Å². The van der Waals surface area contributed by atoms with Gasteiger partial charge in [0.2, 0.25) is 0 Å². The number of rotatable bonds is 7. The summed E-state index contributed by atoms with van der Waals surface area (Å²) in [6.07, 6.45) is 2.23. The zero-order valence-corrected chi connectivity index (χ0v) is 14.2. The van der Waals surface area contributed by atoms with Crippen molar-refractivity contribution in [2.45, 2.75) is 25.4 Å². The number of nitrogens with one attached hydrogen (secondary N) is 2. The number of amides is 1. The highest BCUT2D eigenvalue weighted by Crippen LogP contribution is 2.32. The minimum atomic E-state index is 0.109. The minimum absolute atomic E-state index is 0.109. The molecule has 21 heavy (non-hydrogen) atoms. The largest absolute Gasteiger partial charge is 0.496 e. The summed E-state index contributed by atoms with van der Waals surface area (Å²) >= 11 is 3.45. The first-order valence-electron chi connectivity index (χ1n) is 7.04. The van der Waals surface area contributed by atoms with Gasteiger partial charge in [0.05, 0.1) is 31.3 Å². The van der Waals surface area contributed by atoms with Crippen LogP contribution in [0.1, 0.15) is 18.4 Å². The first-order valence-corrected chi connectivity index (χ1v) is 7.83. The van der Waals surface area contributed by atoms with E-state index in [1.165, 1.54) is 0 Å². The predicted molar refractivity (Wildman–Crippen MR) is 83.9 cm³/mol. The molecule has 0 aliphatic heterocycles. The van der Waals surface area contributed by atoms with E-state index in [9.17, 15) is 4.79 Å². The Balaban J connectivity index is 2.01. The Morgan fingerprint density at radius 2 is 2.00 bits per heavy atom. The standard InChI is InChI=1S/C15H21BrN2O3/c1-18(9-15(19)17-11-4-5-11)8-10-6-14(21-3)12(16)7-13(10)20-2/h6-7,11H,4-5,8-9H2,1-3H3,(H,17,19)/p+1. The average Bonchev–Trinajstić information content (AvgIpc) is 3.23. The number of ether oxygens (including phenoxy) is 2. The fourth-order valence-corrected chi connectivity index (χ4v) is 2.71. The molecule has 1 aliphatic rings. The quantitative estimate of drug-likeness (QED) is 0.757. The number of carbonyl (C=O) groups excluding carboxylic acids is 1. The molecular formula is C15H22BrN2O3+. The summed E-state index contributed by atoms with van der Waals surface area (Å²) in [5, 5.41) is 3.01. The van der Waals surface area contributed by atoms with E-state index in [0.717, 1.165) is 39.3 Å². The van der Waals surface area contributed by atoms with Crippen LogP contribution in [0.4, 0.5) is 0 Å². The SMILES string of the molecule is COc1cc(C[NH+](C)CC(=O)NC2CC2)c(OC)cc1Br. The molecule has 0 saturated heterocycles. The van der Waals surface area contributed by atoms with Crippen LogP contribution in [0, 0.1) is 0 Å². The van der Waals surface area contributed by atoms with E-state index in [2.05, 4.69) is 21.2 Å². The van der Waals surface area contributed by atoms with Crippen molar-refractivity contribution in [3.05, 3.63) is 22.2 Å². The number of methoxy groups -OCH3 is 2. The molecule has 5 nitrogen and oxygen atoms in total. The Morgan fingerprint density at radius 1 is 1.33 bits per heavy atom. The molecule has 6 heteroatoms. The molecule has 1 unspecified atom stereocenters. The zero-order valence-electron chi connectivity index (χ0n) is 12.7. The summed E-state index contributed by atoms with van der Waals surface area (Å²) in [7, 11) is 5.28. The Kier molecular flexibility index (Phi) is 5.47. The van der Waals surface area contributed by atoms with Crippen molar-refractivity contribution in [3.63, 3.8) is 0 Å². The maximum absolute atomic E-state index is 11.8. The van der Waals surface area contributed by atoms with Crippen molar-refractivity contribution < 1.29 is 19.2 Å². The molecule has 2 rings (SSSR count). The third-order valence-electron chi connectivity index (χ3n) is 3.45. The maximum Gasteiger partial charge on any atom is 0.275 e. The predicted octanol–water partition coefficient (Wildman–Crippen LogP) is 0.760. The second kappa shape index (κ2) is 7.13. The number of hydrogen-bond donors (Lipinski definition) is 2. The van der Waals surface area contributed by atoms with Gasteiger partial charge in [-0.1, -0.05) is 0 Å². The lowest BCUT2D eigenvalue weighted by atomic mass is 10.1.